The number of hydrogen-bond acceptors (Lipinski definition) is 3. The molecule has 8 heteroatoms. The van der Waals surface area contributed by atoms with E-state index in [1.165, 1.54) is 11.9 Å². The van der Waals surface area contributed by atoms with E-state index >= 15 is 0 Å². The molecule has 1 aromatic heterocycles. The number of nitrogens with zero attached hydrogens (tertiary/aromatic N) is 2. The highest BCUT2D eigenvalue weighted by Crippen LogP contribution is 2.15. The van der Waals surface area contributed by atoms with Crippen molar-refractivity contribution in [3.8, 4) is 0 Å². The van der Waals surface area contributed by atoms with Gasteiger partial charge in [0, 0.05) is 25.5 Å². The number of rotatable bonds is 7. The normalized spacial score (nSPS) is 11.5. The molecule has 0 saturated heterocycles. The molecular formula is C13H19F3N4O. The molecule has 0 atom stereocenters. The third-order valence-electron chi connectivity index (χ3n) is 2.65. The number of nitrogens with one attached hydrogen (secondary N) is 2. The molecule has 0 radical (unpaired) electrons. The van der Waals surface area contributed by atoms with Crippen LogP contribution in [0.25, 0.3) is 0 Å². The smallest absolute Gasteiger partial charge is 0.338 e. The molecule has 1 aromatic rings. The summed E-state index contributed by atoms with van der Waals surface area (Å²) in [6.07, 6.45) is -0.476. The summed E-state index contributed by atoms with van der Waals surface area (Å²) in [7, 11) is 1.40. The van der Waals surface area contributed by atoms with Gasteiger partial charge in [0.25, 0.3) is 0 Å². The average Bonchev–Trinajstić information content (AvgIpc) is 2.40. The average molecular weight is 304 g/mol. The Hall–Kier alpha value is -1.83. The van der Waals surface area contributed by atoms with Crippen molar-refractivity contribution in [2.75, 3.05) is 26.7 Å². The lowest BCUT2D eigenvalue weighted by Gasteiger charge is -2.18. The van der Waals surface area contributed by atoms with Crippen LogP contribution >= 0.6 is 0 Å². The maximum atomic E-state index is 12.1. The fourth-order valence-corrected chi connectivity index (χ4v) is 1.68. The van der Waals surface area contributed by atoms with Gasteiger partial charge in [-0.1, -0.05) is 0 Å². The predicted molar refractivity (Wildman–Crippen MR) is 72.6 cm³/mol. The highest BCUT2D eigenvalue weighted by molar-refractivity contribution is 5.73. The lowest BCUT2D eigenvalue weighted by Crippen LogP contribution is -2.37. The van der Waals surface area contributed by atoms with Gasteiger partial charge in [-0.3, -0.25) is 9.88 Å². The minimum atomic E-state index is -4.19. The fourth-order valence-electron chi connectivity index (χ4n) is 1.68. The standard InChI is InChI=1S/C13H19F3N4O/c1-20(10-13(14,15)16)8-2-5-18-12(21)19-9-11-3-6-17-7-4-11/h3-4,6-7H,2,5,8-10H2,1H3,(H2,18,19,21). The largest absolute Gasteiger partial charge is 0.401 e. The molecular weight excluding hydrogens is 285 g/mol. The Kier molecular flexibility index (Phi) is 6.93. The Morgan fingerprint density at radius 2 is 1.95 bits per heavy atom. The van der Waals surface area contributed by atoms with E-state index in [1.54, 1.807) is 24.5 Å². The van der Waals surface area contributed by atoms with Crippen molar-refractivity contribution in [2.45, 2.75) is 19.1 Å². The number of amides is 2. The van der Waals surface area contributed by atoms with Gasteiger partial charge < -0.3 is 10.6 Å². The summed E-state index contributed by atoms with van der Waals surface area (Å²) in [5, 5.41) is 5.25. The molecule has 21 heavy (non-hydrogen) atoms. The summed E-state index contributed by atoms with van der Waals surface area (Å²) in [5.41, 5.74) is 0.921. The van der Waals surface area contributed by atoms with Gasteiger partial charge in [-0.05, 0) is 37.7 Å². The van der Waals surface area contributed by atoms with E-state index in [0.29, 0.717) is 19.5 Å². The molecule has 0 unspecified atom stereocenters. The van der Waals surface area contributed by atoms with E-state index in [-0.39, 0.29) is 12.6 Å². The van der Waals surface area contributed by atoms with Crippen LogP contribution in [0.1, 0.15) is 12.0 Å². The van der Waals surface area contributed by atoms with Crippen molar-refractivity contribution in [3.05, 3.63) is 30.1 Å². The molecule has 0 spiro atoms. The zero-order valence-corrected chi connectivity index (χ0v) is 11.8. The first kappa shape index (κ1) is 17.2. The Balaban J connectivity index is 2.08. The summed E-state index contributed by atoms with van der Waals surface area (Å²) >= 11 is 0. The maximum Gasteiger partial charge on any atom is 0.401 e. The number of carbonyl (C=O) groups is 1. The Morgan fingerprint density at radius 1 is 1.29 bits per heavy atom. The van der Waals surface area contributed by atoms with E-state index in [0.717, 1.165) is 5.56 Å². The maximum absolute atomic E-state index is 12.1. The number of halogens is 3. The van der Waals surface area contributed by atoms with Gasteiger partial charge in [-0.2, -0.15) is 13.2 Å². The van der Waals surface area contributed by atoms with Crippen LogP contribution in [0.2, 0.25) is 0 Å². The monoisotopic (exact) mass is 304 g/mol. The van der Waals surface area contributed by atoms with Crippen molar-refractivity contribution in [1.29, 1.82) is 0 Å². The van der Waals surface area contributed by atoms with E-state index < -0.39 is 12.7 Å². The fraction of sp³-hybridized carbons (Fsp3) is 0.538. The highest BCUT2D eigenvalue weighted by atomic mass is 19.4. The van der Waals surface area contributed by atoms with Crippen molar-refractivity contribution in [1.82, 2.24) is 20.5 Å². The van der Waals surface area contributed by atoms with Gasteiger partial charge in [0.15, 0.2) is 0 Å². The van der Waals surface area contributed by atoms with Crippen LogP contribution in [0.4, 0.5) is 18.0 Å². The molecule has 5 nitrogen and oxygen atoms in total. The molecule has 0 bridgehead atoms. The molecule has 0 aliphatic carbocycles. The summed E-state index contributed by atoms with van der Waals surface area (Å²) in [5.74, 6) is 0. The molecule has 0 aromatic carbocycles. The lowest BCUT2D eigenvalue weighted by molar-refractivity contribution is -0.143. The molecule has 1 rings (SSSR count). The number of urea groups is 1. The quantitative estimate of drug-likeness (QED) is 0.755. The first-order valence-electron chi connectivity index (χ1n) is 6.53. The molecule has 2 amide bonds. The van der Waals surface area contributed by atoms with Crippen molar-refractivity contribution in [2.24, 2.45) is 0 Å². The van der Waals surface area contributed by atoms with E-state index in [2.05, 4.69) is 15.6 Å². The third-order valence-corrected chi connectivity index (χ3v) is 2.65. The van der Waals surface area contributed by atoms with E-state index in [4.69, 9.17) is 0 Å². The lowest BCUT2D eigenvalue weighted by atomic mass is 10.3. The Morgan fingerprint density at radius 3 is 2.57 bits per heavy atom. The van der Waals surface area contributed by atoms with Crippen LogP contribution < -0.4 is 10.6 Å². The molecule has 1 heterocycles. The van der Waals surface area contributed by atoms with Crippen LogP contribution in [0.3, 0.4) is 0 Å². The molecule has 0 fully saturated rings. The summed E-state index contributed by atoms with van der Waals surface area (Å²) in [4.78, 5) is 16.5. The number of pyridine rings is 1. The van der Waals surface area contributed by atoms with Gasteiger partial charge in [0.1, 0.15) is 0 Å². The van der Waals surface area contributed by atoms with Gasteiger partial charge in [0.2, 0.25) is 0 Å². The second-order valence-electron chi connectivity index (χ2n) is 4.67. The molecule has 0 aliphatic heterocycles. The van der Waals surface area contributed by atoms with Crippen LogP contribution in [0.5, 0.6) is 0 Å². The van der Waals surface area contributed by atoms with Crippen LogP contribution in [-0.4, -0.2) is 48.8 Å². The predicted octanol–water partition coefficient (Wildman–Crippen LogP) is 1.76. The topological polar surface area (TPSA) is 57.3 Å². The third kappa shape index (κ3) is 8.85. The van der Waals surface area contributed by atoms with Gasteiger partial charge in [0.05, 0.1) is 6.54 Å². The first-order valence-corrected chi connectivity index (χ1v) is 6.53. The Labute approximate surface area is 121 Å². The second kappa shape index (κ2) is 8.46. The number of aromatic nitrogens is 1. The molecule has 0 aliphatic rings. The van der Waals surface area contributed by atoms with E-state index in [9.17, 15) is 18.0 Å². The second-order valence-corrected chi connectivity index (χ2v) is 4.67. The van der Waals surface area contributed by atoms with Gasteiger partial charge >= 0.3 is 12.2 Å². The van der Waals surface area contributed by atoms with Crippen molar-refractivity contribution in [3.63, 3.8) is 0 Å². The molecule has 2 N–H and O–H groups in total. The van der Waals surface area contributed by atoms with Crippen LogP contribution in [0.15, 0.2) is 24.5 Å². The summed E-state index contributed by atoms with van der Waals surface area (Å²) in [6.45, 7) is 0.0259. The van der Waals surface area contributed by atoms with Gasteiger partial charge in [-0.15, -0.1) is 0 Å². The summed E-state index contributed by atoms with van der Waals surface area (Å²) in [6, 6.07) is 3.23. The number of alkyl halides is 3. The molecule has 0 saturated carbocycles. The molecule has 118 valence electrons. The number of hydrogen-bond donors (Lipinski definition) is 2. The SMILES string of the molecule is CN(CCCNC(=O)NCc1ccncc1)CC(F)(F)F. The van der Waals surface area contributed by atoms with Crippen molar-refractivity contribution < 1.29 is 18.0 Å². The highest BCUT2D eigenvalue weighted by Gasteiger charge is 2.28. The van der Waals surface area contributed by atoms with Gasteiger partial charge in [-0.25, -0.2) is 4.79 Å². The van der Waals surface area contributed by atoms with Crippen LogP contribution in [-0.2, 0) is 6.54 Å². The zero-order chi connectivity index (χ0) is 15.7. The van der Waals surface area contributed by atoms with Crippen LogP contribution in [0, 0.1) is 0 Å². The summed E-state index contributed by atoms with van der Waals surface area (Å²) < 4.78 is 36.2. The van der Waals surface area contributed by atoms with E-state index in [1.807, 2.05) is 0 Å². The minimum Gasteiger partial charge on any atom is -0.338 e. The van der Waals surface area contributed by atoms with Crippen molar-refractivity contribution >= 4 is 6.03 Å². The zero-order valence-electron chi connectivity index (χ0n) is 11.8. The first-order chi connectivity index (χ1) is 9.87. The Bertz CT molecular complexity index is 425. The number of carbonyl (C=O) groups excluding carboxylic acids is 1. The minimum absolute atomic E-state index is 0.268.